The standard InChI is InChI=1S/C28H39ClN5O3P/c1-7-15-37-16-14-34(3)13-12-21-18-25(36-4)24(17-20(21)2)32-28-30-19-22(29)27(33-28)31-23-10-8-9-11-26(23)38(5,6)35/h8-11,17-19H,7,12-16H2,1-6H3,(H2,30,31,32,33). The number of nitrogens with one attached hydrogen (secondary N) is 2. The van der Waals surface area contributed by atoms with E-state index in [4.69, 9.17) is 21.1 Å². The highest BCUT2D eigenvalue weighted by Gasteiger charge is 2.17. The van der Waals surface area contributed by atoms with Crippen LogP contribution >= 0.6 is 18.7 Å². The Morgan fingerprint density at radius 2 is 1.84 bits per heavy atom. The van der Waals surface area contributed by atoms with Crippen LogP contribution in [0.1, 0.15) is 24.5 Å². The Labute approximate surface area is 231 Å². The number of ether oxygens (including phenoxy) is 2. The van der Waals surface area contributed by atoms with Crippen molar-refractivity contribution in [3.63, 3.8) is 0 Å². The van der Waals surface area contributed by atoms with Gasteiger partial charge >= 0.3 is 0 Å². The Kier molecular flexibility index (Phi) is 11.0. The fourth-order valence-electron chi connectivity index (χ4n) is 3.97. The molecule has 3 rings (SSSR count). The Bertz CT molecular complexity index is 1270. The van der Waals surface area contributed by atoms with Crippen LogP contribution in [-0.4, -0.2) is 68.7 Å². The zero-order valence-electron chi connectivity index (χ0n) is 23.2. The third-order valence-electron chi connectivity index (χ3n) is 6.11. The summed E-state index contributed by atoms with van der Waals surface area (Å²) >= 11 is 6.41. The fourth-order valence-corrected chi connectivity index (χ4v) is 5.26. The number of halogens is 1. The maximum Gasteiger partial charge on any atom is 0.229 e. The van der Waals surface area contributed by atoms with Crippen LogP contribution in [0.4, 0.5) is 23.1 Å². The number of anilines is 4. The third kappa shape index (κ3) is 8.43. The number of benzene rings is 2. The van der Waals surface area contributed by atoms with Gasteiger partial charge in [-0.2, -0.15) is 4.98 Å². The number of para-hydroxylation sites is 1. The summed E-state index contributed by atoms with van der Waals surface area (Å²) < 4.78 is 24.1. The van der Waals surface area contributed by atoms with Crippen molar-refractivity contribution in [1.29, 1.82) is 0 Å². The van der Waals surface area contributed by atoms with Crippen LogP contribution in [0.2, 0.25) is 5.02 Å². The summed E-state index contributed by atoms with van der Waals surface area (Å²) in [5.74, 6) is 1.49. The zero-order valence-corrected chi connectivity index (χ0v) is 24.8. The lowest BCUT2D eigenvalue weighted by Gasteiger charge is -2.19. The molecule has 2 N–H and O–H groups in total. The van der Waals surface area contributed by atoms with Gasteiger partial charge in [0.15, 0.2) is 5.82 Å². The SMILES string of the molecule is CCCOCCN(C)CCc1cc(OC)c(Nc2ncc(Cl)c(Nc3ccccc3P(C)(C)=O)n2)cc1C. The van der Waals surface area contributed by atoms with Crippen LogP contribution in [0.3, 0.4) is 0 Å². The minimum Gasteiger partial charge on any atom is -0.495 e. The number of hydrogen-bond donors (Lipinski definition) is 2. The zero-order chi connectivity index (χ0) is 27.7. The highest BCUT2D eigenvalue weighted by atomic mass is 35.5. The molecule has 0 aliphatic carbocycles. The average Bonchev–Trinajstić information content (AvgIpc) is 2.88. The van der Waals surface area contributed by atoms with Gasteiger partial charge in [0.1, 0.15) is 17.9 Å². The molecule has 1 aromatic heterocycles. The van der Waals surface area contributed by atoms with E-state index < -0.39 is 7.14 Å². The van der Waals surface area contributed by atoms with Crippen molar-refractivity contribution in [1.82, 2.24) is 14.9 Å². The van der Waals surface area contributed by atoms with Crippen molar-refractivity contribution in [2.75, 3.05) is 64.4 Å². The Morgan fingerprint density at radius 1 is 1.08 bits per heavy atom. The van der Waals surface area contributed by atoms with Crippen molar-refractivity contribution in [2.24, 2.45) is 0 Å². The molecule has 3 aromatic rings. The number of hydrogen-bond acceptors (Lipinski definition) is 8. The molecular formula is C28H39ClN5O3P. The summed E-state index contributed by atoms with van der Waals surface area (Å²) in [6, 6.07) is 11.6. The molecule has 0 fully saturated rings. The summed E-state index contributed by atoms with van der Waals surface area (Å²) in [4.78, 5) is 11.2. The van der Waals surface area contributed by atoms with Crippen molar-refractivity contribution < 1.29 is 14.0 Å². The lowest BCUT2D eigenvalue weighted by Crippen LogP contribution is -2.25. The predicted octanol–water partition coefficient (Wildman–Crippen LogP) is 6.08. The monoisotopic (exact) mass is 559 g/mol. The summed E-state index contributed by atoms with van der Waals surface area (Å²) in [5, 5.41) is 7.59. The number of methoxy groups -OCH3 is 1. The molecule has 0 spiro atoms. The number of aryl methyl sites for hydroxylation is 1. The first-order chi connectivity index (χ1) is 18.1. The van der Waals surface area contributed by atoms with E-state index in [9.17, 15) is 4.57 Å². The molecule has 8 nitrogen and oxygen atoms in total. The van der Waals surface area contributed by atoms with E-state index in [1.807, 2.05) is 30.3 Å². The Balaban J connectivity index is 1.75. The van der Waals surface area contributed by atoms with Gasteiger partial charge in [-0.1, -0.05) is 30.7 Å². The second-order valence-corrected chi connectivity index (χ2v) is 13.2. The van der Waals surface area contributed by atoms with Crippen LogP contribution in [0, 0.1) is 6.92 Å². The van der Waals surface area contributed by atoms with Gasteiger partial charge in [-0.15, -0.1) is 0 Å². The van der Waals surface area contributed by atoms with Crippen molar-refractivity contribution in [3.05, 3.63) is 58.7 Å². The molecule has 0 aliphatic rings. The first kappa shape index (κ1) is 29.9. The maximum atomic E-state index is 12.8. The minimum absolute atomic E-state index is 0.357. The number of rotatable bonds is 14. The summed E-state index contributed by atoms with van der Waals surface area (Å²) in [6.45, 7) is 11.1. The molecule has 2 aromatic carbocycles. The van der Waals surface area contributed by atoms with E-state index in [1.54, 1.807) is 20.4 Å². The molecule has 0 aliphatic heterocycles. The van der Waals surface area contributed by atoms with E-state index in [1.165, 1.54) is 11.8 Å². The van der Waals surface area contributed by atoms with Crippen molar-refractivity contribution in [2.45, 2.75) is 26.7 Å². The number of likely N-dealkylation sites (N-methyl/N-ethyl adjacent to an activating group) is 1. The normalized spacial score (nSPS) is 11.6. The molecule has 0 saturated carbocycles. The van der Waals surface area contributed by atoms with E-state index >= 15 is 0 Å². The second kappa shape index (κ2) is 13.9. The molecule has 0 amide bonds. The van der Waals surface area contributed by atoms with E-state index in [2.05, 4.69) is 52.5 Å². The van der Waals surface area contributed by atoms with Gasteiger partial charge in [0.2, 0.25) is 5.95 Å². The largest absolute Gasteiger partial charge is 0.495 e. The summed E-state index contributed by atoms with van der Waals surface area (Å²) in [6.07, 6.45) is 3.47. The van der Waals surface area contributed by atoms with Crippen LogP contribution in [0.15, 0.2) is 42.6 Å². The quantitative estimate of drug-likeness (QED) is 0.181. The molecule has 10 heteroatoms. The molecule has 0 bridgehead atoms. The molecular weight excluding hydrogens is 521 g/mol. The summed E-state index contributed by atoms with van der Waals surface area (Å²) in [7, 11) is 1.25. The third-order valence-corrected chi connectivity index (χ3v) is 7.94. The molecule has 0 atom stereocenters. The van der Waals surface area contributed by atoms with Crippen LogP contribution in [-0.2, 0) is 15.7 Å². The van der Waals surface area contributed by atoms with Gasteiger partial charge in [-0.05, 0) is 75.5 Å². The topological polar surface area (TPSA) is 88.6 Å². The maximum absolute atomic E-state index is 12.8. The van der Waals surface area contributed by atoms with Gasteiger partial charge in [-0.25, -0.2) is 4.98 Å². The van der Waals surface area contributed by atoms with Crippen LogP contribution in [0.25, 0.3) is 0 Å². The average molecular weight is 560 g/mol. The molecule has 206 valence electrons. The predicted molar refractivity (Wildman–Crippen MR) is 159 cm³/mol. The lowest BCUT2D eigenvalue weighted by atomic mass is 10.0. The highest BCUT2D eigenvalue weighted by molar-refractivity contribution is 7.70. The van der Waals surface area contributed by atoms with E-state index in [-0.39, 0.29) is 0 Å². The second-order valence-electron chi connectivity index (χ2n) is 9.65. The Hall–Kier alpha value is -2.64. The lowest BCUT2D eigenvalue weighted by molar-refractivity contribution is 0.112. The molecule has 0 radical (unpaired) electrons. The van der Waals surface area contributed by atoms with Gasteiger partial charge in [0.05, 0.1) is 31.3 Å². The minimum atomic E-state index is -2.51. The van der Waals surface area contributed by atoms with Crippen molar-refractivity contribution >= 4 is 47.2 Å². The van der Waals surface area contributed by atoms with Gasteiger partial charge < -0.3 is 29.6 Å². The highest BCUT2D eigenvalue weighted by Crippen LogP contribution is 2.39. The first-order valence-electron chi connectivity index (χ1n) is 12.8. The molecule has 38 heavy (non-hydrogen) atoms. The van der Waals surface area contributed by atoms with Crippen molar-refractivity contribution in [3.8, 4) is 5.75 Å². The van der Waals surface area contributed by atoms with Crippen LogP contribution < -0.4 is 20.7 Å². The van der Waals surface area contributed by atoms with Gasteiger partial charge in [0, 0.05) is 25.0 Å². The van der Waals surface area contributed by atoms with Gasteiger partial charge in [0.25, 0.3) is 0 Å². The van der Waals surface area contributed by atoms with Crippen LogP contribution in [0.5, 0.6) is 5.75 Å². The smallest absolute Gasteiger partial charge is 0.229 e. The summed E-state index contributed by atoms with van der Waals surface area (Å²) in [5.41, 5.74) is 3.82. The molecule has 0 unspecified atom stereocenters. The van der Waals surface area contributed by atoms with E-state index in [0.717, 1.165) is 55.7 Å². The Morgan fingerprint density at radius 3 is 2.55 bits per heavy atom. The fraction of sp³-hybridized carbons (Fsp3) is 0.429. The van der Waals surface area contributed by atoms with E-state index in [0.29, 0.717) is 28.2 Å². The molecule has 1 heterocycles. The first-order valence-corrected chi connectivity index (χ1v) is 15.7. The van der Waals surface area contributed by atoms with Gasteiger partial charge in [-0.3, -0.25) is 0 Å². The molecule has 0 saturated heterocycles. The number of aromatic nitrogens is 2. The number of nitrogens with zero attached hydrogens (tertiary/aromatic N) is 3.